The van der Waals surface area contributed by atoms with Gasteiger partial charge in [0.25, 0.3) is 11.8 Å². The van der Waals surface area contributed by atoms with Crippen LogP contribution >= 0.6 is 11.6 Å². The lowest BCUT2D eigenvalue weighted by molar-refractivity contribution is 0.102. The molecule has 182 valence electrons. The van der Waals surface area contributed by atoms with Crippen molar-refractivity contribution in [3.8, 4) is 0 Å². The average Bonchev–Trinajstić information content (AvgIpc) is 3.01. The lowest BCUT2D eigenvalue weighted by atomic mass is 10.1. The molecule has 1 aliphatic rings. The zero-order valence-corrected chi connectivity index (χ0v) is 19.9. The van der Waals surface area contributed by atoms with E-state index >= 15 is 0 Å². The van der Waals surface area contributed by atoms with Crippen LogP contribution in [0.25, 0.3) is 0 Å². The number of nitrogens with zero attached hydrogens (tertiary/aromatic N) is 2. The second-order valence-electron chi connectivity index (χ2n) is 8.30. The highest BCUT2D eigenvalue weighted by Crippen LogP contribution is 2.22. The highest BCUT2D eigenvalue weighted by molar-refractivity contribution is 6.30. The molecular weight excluding hydrogens is 469 g/mol. The molecule has 9 heteroatoms. The Morgan fingerprint density at radius 1 is 0.914 bits per heavy atom. The molecule has 0 saturated carbocycles. The molecule has 1 saturated heterocycles. The molecule has 4 rings (SSSR count). The minimum atomic E-state index is -0.604. The van der Waals surface area contributed by atoms with E-state index in [1.807, 2.05) is 12.1 Å². The van der Waals surface area contributed by atoms with Crippen LogP contribution in [0, 0.1) is 5.82 Å². The number of hydrogen-bond acceptors (Lipinski definition) is 5. The van der Waals surface area contributed by atoms with E-state index in [1.54, 1.807) is 18.2 Å². The Balaban J connectivity index is 1.46. The summed E-state index contributed by atoms with van der Waals surface area (Å²) in [5.74, 6) is -1.34. The Kier molecular flexibility index (Phi) is 8.28. The van der Waals surface area contributed by atoms with E-state index in [0.29, 0.717) is 10.6 Å². The van der Waals surface area contributed by atoms with Crippen LogP contribution in [0.15, 0.2) is 60.8 Å². The molecule has 7 nitrogen and oxygen atoms in total. The van der Waals surface area contributed by atoms with Crippen LogP contribution in [0.5, 0.6) is 0 Å². The van der Waals surface area contributed by atoms with Crippen LogP contribution < -0.4 is 20.9 Å². The van der Waals surface area contributed by atoms with E-state index in [0.717, 1.165) is 57.2 Å². The van der Waals surface area contributed by atoms with Crippen molar-refractivity contribution in [1.29, 1.82) is 0 Å². The molecule has 0 unspecified atom stereocenters. The fourth-order valence-electron chi connectivity index (χ4n) is 3.91. The van der Waals surface area contributed by atoms with Crippen molar-refractivity contribution < 1.29 is 14.0 Å². The third kappa shape index (κ3) is 6.77. The van der Waals surface area contributed by atoms with Crippen molar-refractivity contribution in [3.63, 3.8) is 0 Å². The number of carbonyl (C=O) groups excluding carboxylic acids is 2. The van der Waals surface area contributed by atoms with Gasteiger partial charge in [-0.1, -0.05) is 11.6 Å². The fraction of sp³-hybridized carbons (Fsp3) is 0.269. The first kappa shape index (κ1) is 24.6. The Labute approximate surface area is 208 Å². The molecule has 0 spiro atoms. The molecule has 3 N–H and O–H groups in total. The Bertz CT molecular complexity index is 1160. The molecule has 1 aliphatic heterocycles. The first-order chi connectivity index (χ1) is 17.0. The third-order valence-electron chi connectivity index (χ3n) is 5.75. The maximum absolute atomic E-state index is 13.9. The van der Waals surface area contributed by atoms with Crippen molar-refractivity contribution in [2.24, 2.45) is 0 Å². The van der Waals surface area contributed by atoms with Gasteiger partial charge in [-0.15, -0.1) is 0 Å². The lowest BCUT2D eigenvalue weighted by Crippen LogP contribution is -2.26. The van der Waals surface area contributed by atoms with Gasteiger partial charge < -0.3 is 20.9 Å². The summed E-state index contributed by atoms with van der Waals surface area (Å²) in [6.07, 6.45) is 4.69. The SMILES string of the molecule is O=C(Nc1ccc(F)cc1C(=O)Nc1ccc(Cl)cn1)c1ccc(N2CCCCNCCC2)cc1. The molecule has 3 aromatic rings. The number of aromatic nitrogens is 1. The normalized spacial score (nSPS) is 14.4. The van der Waals surface area contributed by atoms with Crippen molar-refractivity contribution in [3.05, 3.63) is 82.8 Å². The van der Waals surface area contributed by atoms with Gasteiger partial charge in [-0.05, 0) is 86.9 Å². The second-order valence-corrected chi connectivity index (χ2v) is 8.74. The molecule has 1 fully saturated rings. The fourth-order valence-corrected chi connectivity index (χ4v) is 4.02. The number of hydrogen-bond donors (Lipinski definition) is 3. The lowest BCUT2D eigenvalue weighted by Gasteiger charge is -2.24. The average molecular weight is 496 g/mol. The number of pyridine rings is 1. The number of anilines is 3. The van der Waals surface area contributed by atoms with Crippen LogP contribution in [0.4, 0.5) is 21.6 Å². The number of carbonyl (C=O) groups is 2. The summed E-state index contributed by atoms with van der Waals surface area (Å²) in [5, 5.41) is 9.17. The van der Waals surface area contributed by atoms with Crippen LogP contribution in [-0.4, -0.2) is 43.0 Å². The van der Waals surface area contributed by atoms with Crippen molar-refractivity contribution in [1.82, 2.24) is 10.3 Å². The quantitative estimate of drug-likeness (QED) is 0.466. The zero-order chi connectivity index (χ0) is 24.6. The smallest absolute Gasteiger partial charge is 0.259 e. The first-order valence-electron chi connectivity index (χ1n) is 11.6. The van der Waals surface area contributed by atoms with Crippen molar-refractivity contribution in [2.75, 3.05) is 41.7 Å². The maximum atomic E-state index is 13.9. The Morgan fingerprint density at radius 3 is 2.46 bits per heavy atom. The molecule has 0 radical (unpaired) electrons. The van der Waals surface area contributed by atoms with Crippen LogP contribution in [-0.2, 0) is 0 Å². The van der Waals surface area contributed by atoms with Gasteiger partial charge in [0.15, 0.2) is 0 Å². The monoisotopic (exact) mass is 495 g/mol. The summed E-state index contributed by atoms with van der Waals surface area (Å²) in [4.78, 5) is 32.0. The third-order valence-corrected chi connectivity index (χ3v) is 5.97. The molecule has 0 aliphatic carbocycles. The zero-order valence-electron chi connectivity index (χ0n) is 19.2. The number of halogens is 2. The maximum Gasteiger partial charge on any atom is 0.259 e. The van der Waals surface area contributed by atoms with Gasteiger partial charge in [0, 0.05) is 30.5 Å². The molecule has 1 aromatic heterocycles. The van der Waals surface area contributed by atoms with Crippen molar-refractivity contribution in [2.45, 2.75) is 19.3 Å². The van der Waals surface area contributed by atoms with E-state index in [2.05, 4.69) is 25.8 Å². The van der Waals surface area contributed by atoms with E-state index in [-0.39, 0.29) is 17.1 Å². The Morgan fingerprint density at radius 2 is 1.69 bits per heavy atom. The molecule has 2 heterocycles. The summed E-state index contributed by atoms with van der Waals surface area (Å²) >= 11 is 5.82. The summed E-state index contributed by atoms with van der Waals surface area (Å²) in [6.45, 7) is 3.98. The van der Waals surface area contributed by atoms with E-state index in [4.69, 9.17) is 11.6 Å². The van der Waals surface area contributed by atoms with Crippen LogP contribution in [0.1, 0.15) is 40.0 Å². The van der Waals surface area contributed by atoms with Gasteiger partial charge in [-0.25, -0.2) is 9.37 Å². The summed E-state index contributed by atoms with van der Waals surface area (Å²) in [5.41, 5.74) is 1.69. The second kappa shape index (κ2) is 11.8. The van der Waals surface area contributed by atoms with E-state index in [1.165, 1.54) is 24.4 Å². The van der Waals surface area contributed by atoms with Gasteiger partial charge in [-0.3, -0.25) is 9.59 Å². The predicted octanol–water partition coefficient (Wildman–Crippen LogP) is 4.96. The summed E-state index contributed by atoms with van der Waals surface area (Å²) in [6, 6.07) is 14.1. The van der Waals surface area contributed by atoms with Crippen molar-refractivity contribution >= 4 is 40.6 Å². The number of benzene rings is 2. The summed E-state index contributed by atoms with van der Waals surface area (Å²) < 4.78 is 13.9. The minimum Gasteiger partial charge on any atom is -0.371 e. The van der Waals surface area contributed by atoms with Gasteiger partial charge >= 0.3 is 0 Å². The van der Waals surface area contributed by atoms with E-state index < -0.39 is 17.6 Å². The largest absolute Gasteiger partial charge is 0.371 e. The molecule has 35 heavy (non-hydrogen) atoms. The molecular formula is C26H27ClFN5O2. The minimum absolute atomic E-state index is 0.0166. The highest BCUT2D eigenvalue weighted by atomic mass is 35.5. The van der Waals surface area contributed by atoms with Gasteiger partial charge in [0.2, 0.25) is 0 Å². The molecule has 0 bridgehead atoms. The number of rotatable bonds is 5. The summed E-state index contributed by atoms with van der Waals surface area (Å²) in [7, 11) is 0. The van der Waals surface area contributed by atoms with Gasteiger partial charge in [0.1, 0.15) is 11.6 Å². The molecule has 2 aromatic carbocycles. The number of nitrogens with one attached hydrogen (secondary N) is 3. The predicted molar refractivity (Wildman–Crippen MR) is 137 cm³/mol. The van der Waals surface area contributed by atoms with E-state index in [9.17, 15) is 14.0 Å². The number of amides is 2. The molecule has 0 atom stereocenters. The topological polar surface area (TPSA) is 86.4 Å². The highest BCUT2D eigenvalue weighted by Gasteiger charge is 2.17. The molecule has 2 amide bonds. The van der Waals surface area contributed by atoms with Crippen LogP contribution in [0.3, 0.4) is 0 Å². The Hall–Kier alpha value is -3.49. The van der Waals surface area contributed by atoms with Gasteiger partial charge in [-0.2, -0.15) is 0 Å². The van der Waals surface area contributed by atoms with Gasteiger partial charge in [0.05, 0.1) is 16.3 Å². The standard InChI is InChI=1S/C26H27ClFN5O2/c27-19-6-11-24(30-17-19)32-26(35)22-16-20(28)7-10-23(22)31-25(34)18-4-8-21(9-5-18)33-14-2-1-12-29-13-3-15-33/h4-11,16-17,29H,1-3,12-15H2,(H,31,34)(H,30,32,35). The van der Waals surface area contributed by atoms with Crippen LogP contribution in [0.2, 0.25) is 5.02 Å². The first-order valence-corrected chi connectivity index (χ1v) is 12.0.